The molecule has 2 aromatic heterocycles. The molecule has 1 atom stereocenters. The van der Waals surface area contributed by atoms with E-state index in [2.05, 4.69) is 28.5 Å². The average Bonchev–Trinajstić information content (AvgIpc) is 2.85. The van der Waals surface area contributed by atoms with Crippen LogP contribution in [0.25, 0.3) is 0 Å². The first-order valence-corrected chi connectivity index (χ1v) is 5.51. The molecule has 0 spiro atoms. The zero-order valence-electron chi connectivity index (χ0n) is 9.87. The molecule has 0 bridgehead atoms. The standard InChI is InChI=1S/C12H17N3O/c1-4-13-12(10-6-14-15-7-10)11-5-8(2)16-9(11)3/h5-7,12-13H,4H2,1-3H3,(H,14,15). The van der Waals surface area contributed by atoms with E-state index in [1.54, 1.807) is 0 Å². The molecule has 0 amide bonds. The van der Waals surface area contributed by atoms with Crippen LogP contribution in [0.3, 0.4) is 0 Å². The lowest BCUT2D eigenvalue weighted by Gasteiger charge is -2.15. The fraction of sp³-hybridized carbons (Fsp3) is 0.417. The molecule has 0 fully saturated rings. The molecule has 86 valence electrons. The van der Waals surface area contributed by atoms with Gasteiger partial charge in [-0.1, -0.05) is 6.92 Å². The summed E-state index contributed by atoms with van der Waals surface area (Å²) < 4.78 is 5.57. The van der Waals surface area contributed by atoms with Crippen molar-refractivity contribution in [1.82, 2.24) is 15.5 Å². The molecular weight excluding hydrogens is 202 g/mol. The van der Waals surface area contributed by atoms with Gasteiger partial charge in [0.1, 0.15) is 11.5 Å². The number of aromatic nitrogens is 2. The number of nitrogens with zero attached hydrogens (tertiary/aromatic N) is 1. The molecule has 0 aromatic carbocycles. The molecule has 4 nitrogen and oxygen atoms in total. The van der Waals surface area contributed by atoms with Gasteiger partial charge in [0.2, 0.25) is 0 Å². The maximum atomic E-state index is 5.57. The Balaban J connectivity index is 2.36. The lowest BCUT2D eigenvalue weighted by atomic mass is 10.0. The first-order chi connectivity index (χ1) is 7.72. The van der Waals surface area contributed by atoms with Crippen LogP contribution in [0, 0.1) is 13.8 Å². The van der Waals surface area contributed by atoms with Crippen LogP contribution < -0.4 is 5.32 Å². The number of furan rings is 1. The Morgan fingerprint density at radius 3 is 2.81 bits per heavy atom. The van der Waals surface area contributed by atoms with Crippen molar-refractivity contribution in [3.05, 3.63) is 41.1 Å². The fourth-order valence-corrected chi connectivity index (χ4v) is 1.97. The quantitative estimate of drug-likeness (QED) is 0.829. The fourth-order valence-electron chi connectivity index (χ4n) is 1.97. The van der Waals surface area contributed by atoms with E-state index < -0.39 is 0 Å². The molecule has 2 rings (SSSR count). The third-order valence-corrected chi connectivity index (χ3v) is 2.65. The highest BCUT2D eigenvalue weighted by Gasteiger charge is 2.18. The van der Waals surface area contributed by atoms with Crippen LogP contribution in [-0.2, 0) is 0 Å². The lowest BCUT2D eigenvalue weighted by molar-refractivity contribution is 0.495. The topological polar surface area (TPSA) is 53.9 Å². The van der Waals surface area contributed by atoms with Gasteiger partial charge in [0, 0.05) is 17.3 Å². The Hall–Kier alpha value is -1.55. The monoisotopic (exact) mass is 219 g/mol. The summed E-state index contributed by atoms with van der Waals surface area (Å²) in [5.41, 5.74) is 2.31. The smallest absolute Gasteiger partial charge is 0.106 e. The summed E-state index contributed by atoms with van der Waals surface area (Å²) >= 11 is 0. The van der Waals surface area contributed by atoms with Gasteiger partial charge in [0.25, 0.3) is 0 Å². The Labute approximate surface area is 95.1 Å². The highest BCUT2D eigenvalue weighted by molar-refractivity contribution is 5.32. The molecule has 0 aliphatic rings. The van der Waals surface area contributed by atoms with Crippen molar-refractivity contribution in [1.29, 1.82) is 0 Å². The highest BCUT2D eigenvalue weighted by Crippen LogP contribution is 2.26. The number of rotatable bonds is 4. The van der Waals surface area contributed by atoms with E-state index in [0.717, 1.165) is 23.6 Å². The van der Waals surface area contributed by atoms with E-state index in [9.17, 15) is 0 Å². The van der Waals surface area contributed by atoms with Crippen LogP contribution in [0.5, 0.6) is 0 Å². The minimum Gasteiger partial charge on any atom is -0.466 e. The normalized spacial score (nSPS) is 12.9. The van der Waals surface area contributed by atoms with E-state index in [4.69, 9.17) is 4.42 Å². The van der Waals surface area contributed by atoms with Crippen LogP contribution >= 0.6 is 0 Å². The molecule has 2 N–H and O–H groups in total. The van der Waals surface area contributed by atoms with Gasteiger partial charge in [-0.2, -0.15) is 5.10 Å². The third kappa shape index (κ3) is 2.02. The summed E-state index contributed by atoms with van der Waals surface area (Å²) in [7, 11) is 0. The van der Waals surface area contributed by atoms with Crippen molar-refractivity contribution < 1.29 is 4.42 Å². The van der Waals surface area contributed by atoms with Crippen LogP contribution in [0.1, 0.15) is 35.6 Å². The summed E-state index contributed by atoms with van der Waals surface area (Å²) in [6.07, 6.45) is 3.75. The number of aryl methyl sites for hydroxylation is 2. The molecular formula is C12H17N3O. The zero-order chi connectivity index (χ0) is 11.5. The number of hydrogen-bond acceptors (Lipinski definition) is 3. The third-order valence-electron chi connectivity index (χ3n) is 2.65. The number of H-pyrrole nitrogens is 1. The summed E-state index contributed by atoms with van der Waals surface area (Å²) in [6.45, 7) is 6.95. The largest absolute Gasteiger partial charge is 0.466 e. The predicted molar refractivity (Wildman–Crippen MR) is 62.3 cm³/mol. The van der Waals surface area contributed by atoms with Crippen LogP contribution in [-0.4, -0.2) is 16.7 Å². The molecule has 16 heavy (non-hydrogen) atoms. The minimum absolute atomic E-state index is 0.154. The lowest BCUT2D eigenvalue weighted by Crippen LogP contribution is -2.21. The number of hydrogen-bond donors (Lipinski definition) is 2. The maximum Gasteiger partial charge on any atom is 0.106 e. The summed E-state index contributed by atoms with van der Waals surface area (Å²) in [6, 6.07) is 2.23. The van der Waals surface area contributed by atoms with Crippen LogP contribution in [0.4, 0.5) is 0 Å². The molecule has 0 saturated carbocycles. The van der Waals surface area contributed by atoms with Gasteiger partial charge in [-0.05, 0) is 26.5 Å². The Morgan fingerprint density at radius 1 is 1.50 bits per heavy atom. The summed E-state index contributed by atoms with van der Waals surface area (Å²) in [4.78, 5) is 0. The molecule has 1 unspecified atom stereocenters. The Morgan fingerprint density at radius 2 is 2.31 bits per heavy atom. The van der Waals surface area contributed by atoms with E-state index in [1.165, 1.54) is 5.56 Å². The van der Waals surface area contributed by atoms with Gasteiger partial charge >= 0.3 is 0 Å². The molecule has 2 aromatic rings. The second-order valence-corrected chi connectivity index (χ2v) is 3.89. The van der Waals surface area contributed by atoms with Gasteiger partial charge in [-0.25, -0.2) is 0 Å². The van der Waals surface area contributed by atoms with Crippen LogP contribution in [0.2, 0.25) is 0 Å². The van der Waals surface area contributed by atoms with Crippen molar-refractivity contribution in [2.45, 2.75) is 26.8 Å². The van der Waals surface area contributed by atoms with E-state index in [1.807, 2.05) is 26.2 Å². The number of aromatic amines is 1. The SMILES string of the molecule is CCNC(c1cn[nH]c1)c1cc(C)oc1C. The van der Waals surface area contributed by atoms with Crippen molar-refractivity contribution in [2.75, 3.05) is 6.54 Å². The molecule has 0 radical (unpaired) electrons. The second kappa shape index (κ2) is 4.53. The highest BCUT2D eigenvalue weighted by atomic mass is 16.3. The summed E-state index contributed by atoms with van der Waals surface area (Å²) in [5, 5.41) is 10.3. The first kappa shape index (κ1) is 11.0. The predicted octanol–water partition coefficient (Wildman–Crippen LogP) is 2.32. The van der Waals surface area contributed by atoms with Gasteiger partial charge in [0.15, 0.2) is 0 Å². The maximum absolute atomic E-state index is 5.57. The van der Waals surface area contributed by atoms with Crippen molar-refractivity contribution >= 4 is 0 Å². The van der Waals surface area contributed by atoms with Gasteiger partial charge < -0.3 is 9.73 Å². The molecule has 0 aliphatic carbocycles. The van der Waals surface area contributed by atoms with Gasteiger partial charge in [-0.15, -0.1) is 0 Å². The Bertz CT molecular complexity index is 445. The van der Waals surface area contributed by atoms with E-state index in [-0.39, 0.29) is 6.04 Å². The zero-order valence-corrected chi connectivity index (χ0v) is 9.87. The van der Waals surface area contributed by atoms with Crippen molar-refractivity contribution in [3.8, 4) is 0 Å². The van der Waals surface area contributed by atoms with E-state index in [0.29, 0.717) is 0 Å². The number of nitrogens with one attached hydrogen (secondary N) is 2. The average molecular weight is 219 g/mol. The molecule has 4 heteroatoms. The molecule has 2 heterocycles. The van der Waals surface area contributed by atoms with Gasteiger partial charge in [-0.3, -0.25) is 5.10 Å². The second-order valence-electron chi connectivity index (χ2n) is 3.89. The minimum atomic E-state index is 0.154. The molecule has 0 saturated heterocycles. The molecule has 0 aliphatic heterocycles. The van der Waals surface area contributed by atoms with E-state index >= 15 is 0 Å². The Kier molecular flexibility index (Phi) is 3.10. The van der Waals surface area contributed by atoms with Crippen molar-refractivity contribution in [2.24, 2.45) is 0 Å². The van der Waals surface area contributed by atoms with Crippen LogP contribution in [0.15, 0.2) is 22.9 Å². The first-order valence-electron chi connectivity index (χ1n) is 5.51. The van der Waals surface area contributed by atoms with Crippen molar-refractivity contribution in [3.63, 3.8) is 0 Å². The van der Waals surface area contributed by atoms with Gasteiger partial charge in [0.05, 0.1) is 12.2 Å². The summed E-state index contributed by atoms with van der Waals surface area (Å²) in [5.74, 6) is 1.91.